The van der Waals surface area contributed by atoms with Gasteiger partial charge in [0.2, 0.25) is 11.8 Å². The minimum absolute atomic E-state index is 0.0404. The van der Waals surface area contributed by atoms with Gasteiger partial charge in [0.1, 0.15) is 0 Å². The summed E-state index contributed by atoms with van der Waals surface area (Å²) in [5.41, 5.74) is 1.15. The topological polar surface area (TPSA) is 58.2 Å². The summed E-state index contributed by atoms with van der Waals surface area (Å²) in [6, 6.07) is 0. The van der Waals surface area contributed by atoms with Crippen LogP contribution in [0.5, 0.6) is 0 Å². The van der Waals surface area contributed by atoms with Gasteiger partial charge >= 0.3 is 0 Å². The van der Waals surface area contributed by atoms with E-state index in [-0.39, 0.29) is 11.8 Å². The van der Waals surface area contributed by atoms with Crippen molar-refractivity contribution >= 4 is 11.8 Å². The molecule has 152 valence electrons. The molecule has 0 aliphatic carbocycles. The molecular formula is C20H42N4O2+2. The maximum absolute atomic E-state index is 11.1. The average Bonchev–Trinajstić information content (AvgIpc) is 2.46. The number of carbonyl (C=O) groups excluding carboxylic acids is 2. The first kappa shape index (κ1) is 26.6. The Morgan fingerprint density at radius 1 is 0.692 bits per heavy atom. The third-order valence-electron chi connectivity index (χ3n) is 3.36. The van der Waals surface area contributed by atoms with Crippen LogP contribution >= 0.6 is 0 Å². The lowest BCUT2D eigenvalue weighted by molar-refractivity contribution is -0.870. The van der Waals surface area contributed by atoms with Crippen molar-refractivity contribution in [2.45, 2.75) is 26.7 Å². The molecular weight excluding hydrogens is 328 g/mol. The van der Waals surface area contributed by atoms with Crippen molar-refractivity contribution in [3.63, 3.8) is 0 Å². The van der Waals surface area contributed by atoms with Crippen LogP contribution in [-0.2, 0) is 9.59 Å². The second-order valence-corrected chi connectivity index (χ2v) is 8.81. The van der Waals surface area contributed by atoms with Crippen LogP contribution in [-0.4, -0.2) is 89.2 Å². The third kappa shape index (κ3) is 20.4. The summed E-state index contributed by atoms with van der Waals surface area (Å²) in [4.78, 5) is 22.1. The minimum atomic E-state index is -0.0404. The van der Waals surface area contributed by atoms with Crippen LogP contribution in [0.25, 0.3) is 0 Å². The monoisotopic (exact) mass is 370 g/mol. The lowest BCUT2D eigenvalue weighted by Crippen LogP contribution is -2.37. The molecule has 0 aromatic carbocycles. The fourth-order valence-corrected chi connectivity index (χ4v) is 1.81. The molecule has 6 heteroatoms. The minimum Gasteiger partial charge on any atom is -0.352 e. The van der Waals surface area contributed by atoms with Gasteiger partial charge in [0, 0.05) is 37.1 Å². The van der Waals surface area contributed by atoms with Crippen LogP contribution in [0.15, 0.2) is 24.3 Å². The normalized spacial score (nSPS) is 11.1. The van der Waals surface area contributed by atoms with Gasteiger partial charge in [-0.3, -0.25) is 9.59 Å². The Labute approximate surface area is 161 Å². The van der Waals surface area contributed by atoms with Gasteiger partial charge in [0.05, 0.1) is 55.4 Å². The van der Waals surface area contributed by atoms with Crippen molar-refractivity contribution in [2.24, 2.45) is 0 Å². The highest BCUT2D eigenvalue weighted by molar-refractivity contribution is 5.92. The molecule has 0 atom stereocenters. The highest BCUT2D eigenvalue weighted by Gasteiger charge is 2.07. The zero-order valence-electron chi connectivity index (χ0n) is 18.4. The Kier molecular flexibility index (Phi) is 12.9. The SMILES string of the molecule is C=C(C)C(=O)NCCC[N+](C)(C)C.C=C(C)C(=O)NCCC[N+](C)(C)C. The van der Waals surface area contributed by atoms with Gasteiger partial charge < -0.3 is 19.6 Å². The number of rotatable bonds is 10. The van der Waals surface area contributed by atoms with E-state index in [1.165, 1.54) is 0 Å². The van der Waals surface area contributed by atoms with Gasteiger partial charge in [-0.15, -0.1) is 0 Å². The molecule has 0 radical (unpaired) electrons. The Hall–Kier alpha value is -1.66. The van der Waals surface area contributed by atoms with Crippen LogP contribution in [0.3, 0.4) is 0 Å². The summed E-state index contributed by atoms with van der Waals surface area (Å²) < 4.78 is 1.87. The van der Waals surface area contributed by atoms with Crippen molar-refractivity contribution < 1.29 is 18.6 Å². The molecule has 0 saturated heterocycles. The molecule has 0 spiro atoms. The smallest absolute Gasteiger partial charge is 0.246 e. The molecule has 0 aromatic rings. The maximum atomic E-state index is 11.1. The van der Waals surface area contributed by atoms with E-state index in [0.717, 1.165) is 48.0 Å². The molecule has 2 N–H and O–H groups in total. The van der Waals surface area contributed by atoms with Gasteiger partial charge in [-0.1, -0.05) is 13.2 Å². The zero-order valence-corrected chi connectivity index (χ0v) is 18.4. The van der Waals surface area contributed by atoms with Crippen LogP contribution in [0.2, 0.25) is 0 Å². The van der Waals surface area contributed by atoms with Crippen molar-refractivity contribution in [2.75, 3.05) is 68.5 Å². The fraction of sp³-hybridized carbons (Fsp3) is 0.700. The average molecular weight is 371 g/mol. The summed E-state index contributed by atoms with van der Waals surface area (Å²) in [5.74, 6) is -0.0807. The molecule has 0 aliphatic rings. The van der Waals surface area contributed by atoms with E-state index in [1.54, 1.807) is 13.8 Å². The van der Waals surface area contributed by atoms with Crippen LogP contribution < -0.4 is 10.6 Å². The van der Waals surface area contributed by atoms with E-state index >= 15 is 0 Å². The second kappa shape index (κ2) is 12.7. The first-order chi connectivity index (χ1) is 11.7. The third-order valence-corrected chi connectivity index (χ3v) is 3.36. The molecule has 0 saturated carbocycles. The molecule has 26 heavy (non-hydrogen) atoms. The molecule has 0 bridgehead atoms. The molecule has 6 nitrogen and oxygen atoms in total. The first-order valence-electron chi connectivity index (χ1n) is 9.14. The molecule has 0 rings (SSSR count). The van der Waals surface area contributed by atoms with Gasteiger partial charge in [-0.2, -0.15) is 0 Å². The standard InChI is InChI=1S/2C10H20N2O/c2*1-9(2)10(13)11-7-6-8-12(3,4)5/h2*1,6-8H2,2-5H3/p+2. The predicted molar refractivity (Wildman–Crippen MR) is 111 cm³/mol. The number of hydrogen-bond donors (Lipinski definition) is 2. The number of hydrogen-bond acceptors (Lipinski definition) is 2. The van der Waals surface area contributed by atoms with Crippen molar-refractivity contribution in [3.8, 4) is 0 Å². The second-order valence-electron chi connectivity index (χ2n) is 8.81. The number of nitrogens with zero attached hydrogens (tertiary/aromatic N) is 2. The summed E-state index contributed by atoms with van der Waals surface area (Å²) >= 11 is 0. The van der Waals surface area contributed by atoms with E-state index in [9.17, 15) is 9.59 Å². The summed E-state index contributed by atoms with van der Waals surface area (Å²) in [6.45, 7) is 14.2. The molecule has 0 unspecified atom stereocenters. The van der Waals surface area contributed by atoms with Crippen LogP contribution in [0, 0.1) is 0 Å². The van der Waals surface area contributed by atoms with Crippen molar-refractivity contribution in [1.29, 1.82) is 0 Å². The zero-order chi connectivity index (χ0) is 21.0. The largest absolute Gasteiger partial charge is 0.352 e. The lowest BCUT2D eigenvalue weighted by atomic mass is 10.3. The highest BCUT2D eigenvalue weighted by atomic mass is 16.2. The Morgan fingerprint density at radius 2 is 0.962 bits per heavy atom. The molecule has 2 amide bonds. The van der Waals surface area contributed by atoms with Gasteiger partial charge in [-0.05, 0) is 13.8 Å². The Morgan fingerprint density at radius 3 is 1.15 bits per heavy atom. The van der Waals surface area contributed by atoms with Gasteiger partial charge in [0.15, 0.2) is 0 Å². The number of amides is 2. The molecule has 0 fully saturated rings. The quantitative estimate of drug-likeness (QED) is 0.348. The summed E-state index contributed by atoms with van der Waals surface area (Å²) in [7, 11) is 12.8. The van der Waals surface area contributed by atoms with E-state index in [0.29, 0.717) is 11.1 Å². The van der Waals surface area contributed by atoms with Gasteiger partial charge in [-0.25, -0.2) is 0 Å². The first-order valence-corrected chi connectivity index (χ1v) is 9.14. The van der Waals surface area contributed by atoms with Crippen LogP contribution in [0.4, 0.5) is 0 Å². The highest BCUT2D eigenvalue weighted by Crippen LogP contribution is 1.93. The van der Waals surface area contributed by atoms with Crippen LogP contribution in [0.1, 0.15) is 26.7 Å². The molecule has 0 aliphatic heterocycles. The Bertz CT molecular complexity index is 427. The maximum Gasteiger partial charge on any atom is 0.246 e. The molecule has 0 heterocycles. The number of quaternary nitrogens is 2. The molecule has 0 aromatic heterocycles. The van der Waals surface area contributed by atoms with Gasteiger partial charge in [0.25, 0.3) is 0 Å². The number of nitrogens with one attached hydrogen (secondary N) is 2. The lowest BCUT2D eigenvalue weighted by Gasteiger charge is -2.23. The predicted octanol–water partition coefficient (Wildman–Crippen LogP) is 1.55. The van der Waals surface area contributed by atoms with E-state index in [4.69, 9.17) is 0 Å². The number of carbonyl (C=O) groups is 2. The fourth-order valence-electron chi connectivity index (χ4n) is 1.81. The van der Waals surface area contributed by atoms with Crippen molar-refractivity contribution in [3.05, 3.63) is 24.3 Å². The Balaban J connectivity index is 0. The van der Waals surface area contributed by atoms with E-state index in [1.807, 2.05) is 0 Å². The summed E-state index contributed by atoms with van der Waals surface area (Å²) in [5, 5.41) is 5.61. The van der Waals surface area contributed by atoms with E-state index in [2.05, 4.69) is 66.1 Å². The van der Waals surface area contributed by atoms with Crippen molar-refractivity contribution in [1.82, 2.24) is 10.6 Å². The summed E-state index contributed by atoms with van der Waals surface area (Å²) in [6.07, 6.45) is 2.00. The van der Waals surface area contributed by atoms with E-state index < -0.39 is 0 Å².